The second-order valence-electron chi connectivity index (χ2n) is 9.89. The van der Waals surface area contributed by atoms with Crippen molar-refractivity contribution in [1.82, 2.24) is 10.2 Å². The largest absolute Gasteiger partial charge is 0.369 e. The van der Waals surface area contributed by atoms with Gasteiger partial charge in [0.05, 0.1) is 10.6 Å². The molecule has 0 saturated carbocycles. The molecule has 3 aromatic carbocycles. The molecule has 0 aromatic heterocycles. The Morgan fingerprint density at radius 2 is 1.69 bits per heavy atom. The van der Waals surface area contributed by atoms with E-state index in [0.29, 0.717) is 11.4 Å². The maximum Gasteiger partial charge on any atom is 0.265 e. The highest BCUT2D eigenvalue weighted by atomic mass is 32.2. The molecule has 2 heterocycles. The van der Waals surface area contributed by atoms with Crippen molar-refractivity contribution < 1.29 is 14.0 Å². The van der Waals surface area contributed by atoms with Gasteiger partial charge in [0.15, 0.2) is 0 Å². The minimum atomic E-state index is -0.216. The van der Waals surface area contributed by atoms with Crippen molar-refractivity contribution in [2.45, 2.75) is 18.2 Å². The first-order valence-corrected chi connectivity index (χ1v) is 14.1. The number of thioether (sulfide) groups is 1. The summed E-state index contributed by atoms with van der Waals surface area (Å²) < 4.78 is 13.2. The van der Waals surface area contributed by atoms with Crippen LogP contribution in [0.3, 0.4) is 0 Å². The highest BCUT2D eigenvalue weighted by Gasteiger charge is 2.30. The van der Waals surface area contributed by atoms with Crippen LogP contribution in [0.25, 0.3) is 6.08 Å². The van der Waals surface area contributed by atoms with E-state index in [9.17, 15) is 14.0 Å². The summed E-state index contributed by atoms with van der Waals surface area (Å²) >= 11 is 1.44. The fourth-order valence-electron chi connectivity index (χ4n) is 4.84. The highest BCUT2D eigenvalue weighted by Crippen LogP contribution is 2.41. The second kappa shape index (κ2) is 12.5. The lowest BCUT2D eigenvalue weighted by atomic mass is 10.1. The van der Waals surface area contributed by atoms with Crippen LogP contribution in [-0.4, -0.2) is 62.5 Å². The normalized spacial score (nSPS) is 16.9. The van der Waals surface area contributed by atoms with Gasteiger partial charge in [0.1, 0.15) is 12.4 Å². The van der Waals surface area contributed by atoms with Gasteiger partial charge >= 0.3 is 0 Å². The topological polar surface area (TPSA) is 55.9 Å². The van der Waals surface area contributed by atoms with E-state index in [1.165, 1.54) is 23.9 Å². The second-order valence-corrected chi connectivity index (χ2v) is 11.0. The number of nitrogens with one attached hydrogen (secondary N) is 1. The number of halogens is 1. The number of piperazine rings is 1. The average Bonchev–Trinajstić information content (AvgIpc) is 2.95. The zero-order chi connectivity index (χ0) is 27.2. The lowest BCUT2D eigenvalue weighted by Gasteiger charge is -2.36. The summed E-state index contributed by atoms with van der Waals surface area (Å²) in [7, 11) is 0. The Morgan fingerprint density at radius 3 is 2.44 bits per heavy atom. The number of benzene rings is 3. The Kier molecular flexibility index (Phi) is 8.64. The smallest absolute Gasteiger partial charge is 0.265 e. The first-order chi connectivity index (χ1) is 19.0. The molecule has 0 radical (unpaired) electrons. The van der Waals surface area contributed by atoms with Crippen LogP contribution in [0.4, 0.5) is 15.8 Å². The molecule has 0 unspecified atom stereocenters. The van der Waals surface area contributed by atoms with Gasteiger partial charge in [0.25, 0.3) is 5.91 Å². The molecule has 2 amide bonds. The Bertz CT molecular complexity index is 1340. The number of carbonyl (C=O) groups is 2. The third-order valence-corrected chi connectivity index (χ3v) is 8.12. The van der Waals surface area contributed by atoms with E-state index >= 15 is 0 Å². The van der Waals surface area contributed by atoms with Gasteiger partial charge in [-0.15, -0.1) is 0 Å². The van der Waals surface area contributed by atoms with E-state index in [1.807, 2.05) is 73.7 Å². The van der Waals surface area contributed by atoms with Gasteiger partial charge < -0.3 is 10.2 Å². The van der Waals surface area contributed by atoms with Crippen molar-refractivity contribution in [2.24, 2.45) is 0 Å². The zero-order valence-corrected chi connectivity index (χ0v) is 22.9. The van der Waals surface area contributed by atoms with Crippen LogP contribution in [0.5, 0.6) is 0 Å². The van der Waals surface area contributed by atoms with Crippen LogP contribution < -0.4 is 15.1 Å². The number of aryl methyl sites for hydroxylation is 1. The van der Waals surface area contributed by atoms with Crippen LogP contribution in [0.15, 0.2) is 82.6 Å². The third-order valence-electron chi connectivity index (χ3n) is 7.05. The predicted octanol–water partition coefficient (Wildman–Crippen LogP) is 4.94. The zero-order valence-electron chi connectivity index (χ0n) is 22.1. The lowest BCUT2D eigenvalue weighted by molar-refractivity contribution is -0.122. The van der Waals surface area contributed by atoms with E-state index in [2.05, 4.69) is 15.1 Å². The number of hydrogen-bond donors (Lipinski definition) is 1. The maximum absolute atomic E-state index is 13.4. The van der Waals surface area contributed by atoms with Crippen molar-refractivity contribution in [3.63, 3.8) is 0 Å². The molecule has 1 saturated heterocycles. The van der Waals surface area contributed by atoms with E-state index in [0.717, 1.165) is 66.5 Å². The van der Waals surface area contributed by atoms with Gasteiger partial charge in [-0.05, 0) is 67.9 Å². The van der Waals surface area contributed by atoms with Crippen LogP contribution in [0.2, 0.25) is 0 Å². The fraction of sp³-hybridized carbons (Fsp3) is 0.290. The number of rotatable bonds is 8. The molecule has 2 aliphatic rings. The van der Waals surface area contributed by atoms with E-state index in [1.54, 1.807) is 4.90 Å². The number of fused-ring (bicyclic) bond motifs is 1. The number of para-hydroxylation sites is 1. The van der Waals surface area contributed by atoms with E-state index < -0.39 is 0 Å². The quantitative estimate of drug-likeness (QED) is 0.322. The first kappa shape index (κ1) is 27.0. The molecule has 0 atom stereocenters. The summed E-state index contributed by atoms with van der Waals surface area (Å²) in [6, 6.07) is 22.4. The standard InChI is InChI=1S/C31H33FN4O2S/c1-23-7-9-24(10-8-23)21-29-31(38)36(27-5-2-3-6-28(27)39-29)22-30(37)33-15-4-16-34-17-19-35(20-18-34)26-13-11-25(32)12-14-26/h2-3,5-14,21H,4,15-20,22H2,1H3,(H,33,37). The molecule has 3 aromatic rings. The van der Waals surface area contributed by atoms with E-state index in [-0.39, 0.29) is 24.2 Å². The summed E-state index contributed by atoms with van der Waals surface area (Å²) in [4.78, 5) is 34.1. The fourth-order valence-corrected chi connectivity index (χ4v) is 5.90. The van der Waals surface area contributed by atoms with Gasteiger partial charge in [-0.3, -0.25) is 19.4 Å². The van der Waals surface area contributed by atoms with Crippen molar-refractivity contribution in [2.75, 3.05) is 55.6 Å². The molecule has 2 aliphatic heterocycles. The molecule has 202 valence electrons. The van der Waals surface area contributed by atoms with Crippen LogP contribution in [-0.2, 0) is 9.59 Å². The van der Waals surface area contributed by atoms with Crippen molar-refractivity contribution in [1.29, 1.82) is 0 Å². The van der Waals surface area contributed by atoms with Crippen molar-refractivity contribution in [3.8, 4) is 0 Å². The Hall–Kier alpha value is -3.62. The Morgan fingerprint density at radius 1 is 0.974 bits per heavy atom. The minimum Gasteiger partial charge on any atom is -0.369 e. The van der Waals surface area contributed by atoms with Gasteiger partial charge in [0.2, 0.25) is 5.91 Å². The number of nitrogens with zero attached hydrogens (tertiary/aromatic N) is 3. The lowest BCUT2D eigenvalue weighted by Crippen LogP contribution is -2.47. The van der Waals surface area contributed by atoms with E-state index in [4.69, 9.17) is 0 Å². The number of amides is 2. The maximum atomic E-state index is 13.4. The molecule has 39 heavy (non-hydrogen) atoms. The molecule has 5 rings (SSSR count). The van der Waals surface area contributed by atoms with Crippen LogP contribution in [0.1, 0.15) is 17.5 Å². The summed E-state index contributed by atoms with van der Waals surface area (Å²) in [5.41, 5.74) is 3.93. The molecule has 6 nitrogen and oxygen atoms in total. The summed E-state index contributed by atoms with van der Waals surface area (Å²) in [6.45, 7) is 7.11. The molecule has 1 fully saturated rings. The molecule has 0 aliphatic carbocycles. The molecular weight excluding hydrogens is 511 g/mol. The number of carbonyl (C=O) groups excluding carboxylic acids is 2. The van der Waals surface area contributed by atoms with Crippen molar-refractivity contribution >= 4 is 41.0 Å². The summed E-state index contributed by atoms with van der Waals surface area (Å²) in [6.07, 6.45) is 2.73. The van der Waals surface area contributed by atoms with Gasteiger partial charge in [-0.2, -0.15) is 0 Å². The Balaban J connectivity index is 1.11. The van der Waals surface area contributed by atoms with Crippen LogP contribution >= 0.6 is 11.8 Å². The van der Waals surface area contributed by atoms with Gasteiger partial charge in [-0.1, -0.05) is 53.7 Å². The number of anilines is 2. The number of hydrogen-bond acceptors (Lipinski definition) is 5. The third kappa shape index (κ3) is 6.88. The van der Waals surface area contributed by atoms with Gasteiger partial charge in [0, 0.05) is 43.3 Å². The minimum absolute atomic E-state index is 0.0159. The van der Waals surface area contributed by atoms with Crippen LogP contribution in [0, 0.1) is 12.7 Å². The summed E-state index contributed by atoms with van der Waals surface area (Å²) in [5.74, 6) is -0.541. The molecule has 0 bridgehead atoms. The van der Waals surface area contributed by atoms with Crippen molar-refractivity contribution in [3.05, 3.63) is 94.6 Å². The SMILES string of the molecule is Cc1ccc(C=C2Sc3ccccc3N(CC(=O)NCCCN3CCN(c4ccc(F)cc4)CC3)C2=O)cc1. The Labute approximate surface area is 233 Å². The highest BCUT2D eigenvalue weighted by molar-refractivity contribution is 8.04. The molecule has 8 heteroatoms. The molecular formula is C31H33FN4O2S. The first-order valence-electron chi connectivity index (χ1n) is 13.3. The summed E-state index contributed by atoms with van der Waals surface area (Å²) in [5, 5.41) is 3.00. The monoisotopic (exact) mass is 544 g/mol. The predicted molar refractivity (Wildman–Crippen MR) is 156 cm³/mol. The average molecular weight is 545 g/mol. The molecule has 0 spiro atoms. The van der Waals surface area contributed by atoms with Gasteiger partial charge in [-0.25, -0.2) is 4.39 Å². The molecule has 1 N–H and O–H groups in total.